The number of rotatable bonds is 1. The van der Waals surface area contributed by atoms with E-state index < -0.39 is 11.6 Å². The lowest BCUT2D eigenvalue weighted by Gasteiger charge is -2.03. The molecule has 2 rings (SSSR count). The van der Waals surface area contributed by atoms with Gasteiger partial charge in [-0.15, -0.1) is 0 Å². The van der Waals surface area contributed by atoms with E-state index in [1.165, 1.54) is 24.3 Å². The molecule has 0 radical (unpaired) electrons. The normalized spacial score (nSPS) is 10.3. The summed E-state index contributed by atoms with van der Waals surface area (Å²) in [4.78, 5) is 0. The second kappa shape index (κ2) is 3.69. The number of hydrogen-bond donors (Lipinski definition) is 1. The van der Waals surface area contributed by atoms with Gasteiger partial charge < -0.3 is 5.11 Å². The topological polar surface area (TPSA) is 20.2 Å². The van der Waals surface area contributed by atoms with Crippen LogP contribution in [0.2, 0.25) is 0 Å². The van der Waals surface area contributed by atoms with Gasteiger partial charge in [-0.1, -0.05) is 12.1 Å². The second-order valence-electron chi connectivity index (χ2n) is 3.17. The SMILES string of the molecule is Oc1cccc(-c2ccc(F)cc2F)c1. The van der Waals surface area contributed by atoms with E-state index in [9.17, 15) is 13.9 Å². The molecule has 15 heavy (non-hydrogen) atoms. The fourth-order valence-electron chi connectivity index (χ4n) is 1.40. The molecular formula is C12H8F2O. The third-order valence-corrected chi connectivity index (χ3v) is 2.09. The lowest BCUT2D eigenvalue weighted by atomic mass is 10.0. The summed E-state index contributed by atoms with van der Waals surface area (Å²) in [5.41, 5.74) is 0.791. The minimum atomic E-state index is -0.638. The molecular weight excluding hydrogens is 198 g/mol. The van der Waals surface area contributed by atoms with E-state index in [1.807, 2.05) is 0 Å². The molecule has 0 amide bonds. The van der Waals surface area contributed by atoms with Gasteiger partial charge in [0.2, 0.25) is 0 Å². The van der Waals surface area contributed by atoms with Gasteiger partial charge in [0, 0.05) is 11.6 Å². The van der Waals surface area contributed by atoms with E-state index in [-0.39, 0.29) is 11.3 Å². The van der Waals surface area contributed by atoms with E-state index in [2.05, 4.69) is 0 Å². The van der Waals surface area contributed by atoms with Gasteiger partial charge in [0.25, 0.3) is 0 Å². The Hall–Kier alpha value is -1.90. The molecule has 0 spiro atoms. The summed E-state index contributed by atoms with van der Waals surface area (Å²) in [6, 6.07) is 9.52. The summed E-state index contributed by atoms with van der Waals surface area (Å²) >= 11 is 0. The first-order valence-electron chi connectivity index (χ1n) is 4.41. The van der Waals surface area contributed by atoms with Crippen LogP contribution in [0.5, 0.6) is 5.75 Å². The molecule has 2 aromatic carbocycles. The van der Waals surface area contributed by atoms with Gasteiger partial charge in [-0.2, -0.15) is 0 Å². The minimum Gasteiger partial charge on any atom is -0.508 e. The highest BCUT2D eigenvalue weighted by Crippen LogP contribution is 2.25. The van der Waals surface area contributed by atoms with E-state index in [0.717, 1.165) is 6.07 Å². The molecule has 1 nitrogen and oxygen atoms in total. The number of hydrogen-bond acceptors (Lipinski definition) is 1. The highest BCUT2D eigenvalue weighted by Gasteiger charge is 2.06. The van der Waals surface area contributed by atoms with Gasteiger partial charge in [-0.3, -0.25) is 0 Å². The maximum Gasteiger partial charge on any atom is 0.133 e. The number of aromatic hydroxyl groups is 1. The Morgan fingerprint density at radius 1 is 0.933 bits per heavy atom. The first-order valence-corrected chi connectivity index (χ1v) is 4.41. The number of phenols is 1. The fourth-order valence-corrected chi connectivity index (χ4v) is 1.40. The van der Waals surface area contributed by atoms with Crippen molar-refractivity contribution in [3.8, 4) is 16.9 Å². The molecule has 0 fully saturated rings. The van der Waals surface area contributed by atoms with Crippen molar-refractivity contribution < 1.29 is 13.9 Å². The number of phenolic OH excluding ortho intramolecular Hbond substituents is 1. The third-order valence-electron chi connectivity index (χ3n) is 2.09. The van der Waals surface area contributed by atoms with Gasteiger partial charge in [0.15, 0.2) is 0 Å². The zero-order valence-corrected chi connectivity index (χ0v) is 7.74. The van der Waals surface area contributed by atoms with Crippen LogP contribution in [0.15, 0.2) is 42.5 Å². The van der Waals surface area contributed by atoms with Crippen LogP contribution in [0, 0.1) is 11.6 Å². The van der Waals surface area contributed by atoms with E-state index >= 15 is 0 Å². The highest BCUT2D eigenvalue weighted by molar-refractivity contribution is 5.65. The van der Waals surface area contributed by atoms with Crippen molar-refractivity contribution in [1.82, 2.24) is 0 Å². The largest absolute Gasteiger partial charge is 0.508 e. The quantitative estimate of drug-likeness (QED) is 0.758. The monoisotopic (exact) mass is 206 g/mol. The summed E-state index contributed by atoms with van der Waals surface area (Å²) in [5, 5.41) is 9.22. The second-order valence-corrected chi connectivity index (χ2v) is 3.17. The highest BCUT2D eigenvalue weighted by atomic mass is 19.1. The van der Waals surface area contributed by atoms with Crippen LogP contribution < -0.4 is 0 Å². The average Bonchev–Trinajstić information content (AvgIpc) is 2.17. The first kappa shape index (κ1) is 9.65. The maximum absolute atomic E-state index is 13.3. The van der Waals surface area contributed by atoms with Crippen LogP contribution in [-0.2, 0) is 0 Å². The summed E-state index contributed by atoms with van der Waals surface area (Å²) in [6.07, 6.45) is 0. The Morgan fingerprint density at radius 2 is 1.73 bits per heavy atom. The lowest BCUT2D eigenvalue weighted by Crippen LogP contribution is -1.85. The Bertz CT molecular complexity index is 495. The summed E-state index contributed by atoms with van der Waals surface area (Å²) in [7, 11) is 0. The van der Waals surface area contributed by atoms with Gasteiger partial charge in [-0.05, 0) is 29.8 Å². The Kier molecular flexibility index (Phi) is 2.37. The molecule has 0 aliphatic heterocycles. The molecule has 76 valence electrons. The van der Waals surface area contributed by atoms with Gasteiger partial charge >= 0.3 is 0 Å². The molecule has 0 atom stereocenters. The summed E-state index contributed by atoms with van der Waals surface area (Å²) in [6.45, 7) is 0. The van der Waals surface area contributed by atoms with E-state index in [0.29, 0.717) is 5.56 Å². The lowest BCUT2D eigenvalue weighted by molar-refractivity contribution is 0.475. The molecule has 0 saturated carbocycles. The maximum atomic E-state index is 13.3. The summed E-state index contributed by atoms with van der Waals surface area (Å²) < 4.78 is 26.0. The van der Waals surface area contributed by atoms with Crippen molar-refractivity contribution in [1.29, 1.82) is 0 Å². The molecule has 2 aromatic rings. The van der Waals surface area contributed by atoms with Crippen LogP contribution in [0.1, 0.15) is 0 Å². The van der Waals surface area contributed by atoms with Crippen LogP contribution in [-0.4, -0.2) is 5.11 Å². The molecule has 0 bridgehead atoms. The van der Waals surface area contributed by atoms with E-state index in [1.54, 1.807) is 12.1 Å². The standard InChI is InChI=1S/C12H8F2O/c13-9-4-5-11(12(14)7-9)8-2-1-3-10(15)6-8/h1-7,15H. The van der Waals surface area contributed by atoms with Crippen molar-refractivity contribution in [3.05, 3.63) is 54.1 Å². The molecule has 0 aliphatic rings. The average molecular weight is 206 g/mol. The van der Waals surface area contributed by atoms with Gasteiger partial charge in [-0.25, -0.2) is 8.78 Å². The van der Waals surface area contributed by atoms with Gasteiger partial charge in [0.1, 0.15) is 17.4 Å². The van der Waals surface area contributed by atoms with Crippen molar-refractivity contribution in [3.63, 3.8) is 0 Å². The van der Waals surface area contributed by atoms with Crippen LogP contribution in [0.4, 0.5) is 8.78 Å². The zero-order chi connectivity index (χ0) is 10.8. The first-order chi connectivity index (χ1) is 7.16. The van der Waals surface area contributed by atoms with Crippen molar-refractivity contribution >= 4 is 0 Å². The molecule has 0 aromatic heterocycles. The zero-order valence-electron chi connectivity index (χ0n) is 7.74. The molecule has 0 heterocycles. The van der Waals surface area contributed by atoms with Crippen LogP contribution in [0.3, 0.4) is 0 Å². The molecule has 0 saturated heterocycles. The van der Waals surface area contributed by atoms with Crippen LogP contribution in [0.25, 0.3) is 11.1 Å². The predicted octanol–water partition coefficient (Wildman–Crippen LogP) is 3.34. The van der Waals surface area contributed by atoms with E-state index in [4.69, 9.17) is 0 Å². The van der Waals surface area contributed by atoms with Gasteiger partial charge in [0.05, 0.1) is 0 Å². The van der Waals surface area contributed by atoms with Crippen LogP contribution >= 0.6 is 0 Å². The number of benzene rings is 2. The van der Waals surface area contributed by atoms with Crippen molar-refractivity contribution in [2.75, 3.05) is 0 Å². The predicted molar refractivity (Wildman–Crippen MR) is 53.5 cm³/mol. The molecule has 0 aliphatic carbocycles. The summed E-state index contributed by atoms with van der Waals surface area (Å²) in [5.74, 6) is -1.20. The van der Waals surface area contributed by atoms with Crippen molar-refractivity contribution in [2.24, 2.45) is 0 Å². The minimum absolute atomic E-state index is 0.0521. The molecule has 0 unspecified atom stereocenters. The Morgan fingerprint density at radius 3 is 2.40 bits per heavy atom. The molecule has 3 heteroatoms. The van der Waals surface area contributed by atoms with Crippen molar-refractivity contribution in [2.45, 2.75) is 0 Å². The Balaban J connectivity index is 2.54. The Labute approximate surface area is 85.6 Å². The smallest absolute Gasteiger partial charge is 0.133 e. The molecule has 1 N–H and O–H groups in total. The number of halogens is 2. The fraction of sp³-hybridized carbons (Fsp3) is 0. The third kappa shape index (κ3) is 1.96.